The maximum atomic E-state index is 12.2. The molecule has 0 spiro atoms. The molecule has 2 aromatic rings. The molecule has 0 saturated carbocycles. The number of amides is 1. The Bertz CT molecular complexity index is 549. The summed E-state index contributed by atoms with van der Waals surface area (Å²) >= 11 is 1.54. The number of rotatable bonds is 7. The van der Waals surface area contributed by atoms with E-state index in [1.165, 1.54) is 0 Å². The molecular weight excluding hydrogens is 320 g/mol. The zero-order valence-corrected chi connectivity index (χ0v) is 14.1. The van der Waals surface area contributed by atoms with Gasteiger partial charge in [0.1, 0.15) is 0 Å². The Morgan fingerprint density at radius 2 is 2.05 bits per heavy atom. The lowest BCUT2D eigenvalue weighted by atomic mass is 10.1. The lowest BCUT2D eigenvalue weighted by molar-refractivity contribution is -0.132. The fourth-order valence-electron chi connectivity index (χ4n) is 2.10. The van der Waals surface area contributed by atoms with Gasteiger partial charge in [0.25, 0.3) is 0 Å². The molecule has 0 aliphatic rings. The molecule has 2 rings (SSSR count). The van der Waals surface area contributed by atoms with Crippen LogP contribution in [0.15, 0.2) is 47.2 Å². The number of aliphatic hydroxyl groups is 1. The second kappa shape index (κ2) is 9.58. The predicted molar refractivity (Wildman–Crippen MR) is 92.3 cm³/mol. The summed E-state index contributed by atoms with van der Waals surface area (Å²) in [5.74, 6) is -0.0179. The van der Waals surface area contributed by atoms with E-state index in [0.29, 0.717) is 13.1 Å². The summed E-state index contributed by atoms with van der Waals surface area (Å²) in [4.78, 5) is 13.9. The molecule has 0 aliphatic carbocycles. The third-order valence-electron chi connectivity index (χ3n) is 3.22. The fourth-order valence-corrected chi connectivity index (χ4v) is 2.81. The molecule has 22 heavy (non-hydrogen) atoms. The number of hydrogen-bond acceptors (Lipinski definition) is 4. The molecule has 0 aliphatic heterocycles. The van der Waals surface area contributed by atoms with Gasteiger partial charge in [-0.3, -0.25) is 4.79 Å². The van der Waals surface area contributed by atoms with Gasteiger partial charge in [0.2, 0.25) is 5.91 Å². The van der Waals surface area contributed by atoms with Gasteiger partial charge < -0.3 is 15.3 Å². The normalized spacial score (nSPS) is 11.5. The third kappa shape index (κ3) is 5.42. The first kappa shape index (κ1) is 18.6. The molecule has 1 atom stereocenters. The zero-order chi connectivity index (χ0) is 15.1. The van der Waals surface area contributed by atoms with Gasteiger partial charge >= 0.3 is 0 Å². The van der Waals surface area contributed by atoms with E-state index >= 15 is 0 Å². The van der Waals surface area contributed by atoms with Gasteiger partial charge in [0, 0.05) is 6.54 Å². The van der Waals surface area contributed by atoms with Crippen molar-refractivity contribution in [1.82, 2.24) is 10.2 Å². The topological polar surface area (TPSA) is 52.6 Å². The number of likely N-dealkylation sites (N-methyl/N-ethyl adjacent to an activating group) is 1. The summed E-state index contributed by atoms with van der Waals surface area (Å²) in [5, 5.41) is 17.0. The van der Waals surface area contributed by atoms with E-state index in [9.17, 15) is 9.90 Å². The van der Waals surface area contributed by atoms with Gasteiger partial charge in [0.05, 0.1) is 19.2 Å². The summed E-state index contributed by atoms with van der Waals surface area (Å²) in [6, 6.07) is 11.7. The van der Waals surface area contributed by atoms with Gasteiger partial charge in [-0.05, 0) is 35.0 Å². The Kier molecular flexibility index (Phi) is 8.12. The standard InChI is InChI=1S/C16H20N2O2S.ClH/c1-17-9-16(20)18(10-13-5-3-2-4-6-13)11-15(19)14-7-8-21-12-14;/h2-8,12,15,17,19H,9-11H2,1H3;1H. The predicted octanol–water partition coefficient (Wildman–Crippen LogP) is 2.45. The molecule has 1 aromatic heterocycles. The molecule has 0 bridgehead atoms. The second-order valence-electron chi connectivity index (χ2n) is 4.86. The quantitative estimate of drug-likeness (QED) is 0.814. The average Bonchev–Trinajstić information content (AvgIpc) is 3.02. The molecule has 1 heterocycles. The second-order valence-corrected chi connectivity index (χ2v) is 5.64. The first-order chi connectivity index (χ1) is 10.2. The molecule has 1 amide bonds. The summed E-state index contributed by atoms with van der Waals surface area (Å²) in [5.41, 5.74) is 1.91. The van der Waals surface area contributed by atoms with Crippen LogP contribution in [0.3, 0.4) is 0 Å². The van der Waals surface area contributed by atoms with E-state index in [1.807, 2.05) is 47.2 Å². The molecule has 2 N–H and O–H groups in total. The van der Waals surface area contributed by atoms with Crippen LogP contribution in [0, 0.1) is 0 Å². The number of thiophene rings is 1. The maximum absolute atomic E-state index is 12.2. The van der Waals surface area contributed by atoms with Crippen LogP contribution in [0.25, 0.3) is 0 Å². The number of carbonyl (C=O) groups is 1. The molecule has 0 saturated heterocycles. The van der Waals surface area contributed by atoms with Gasteiger partial charge in [-0.15, -0.1) is 12.4 Å². The van der Waals surface area contributed by atoms with Crippen LogP contribution in [0.2, 0.25) is 0 Å². The van der Waals surface area contributed by atoms with Crippen molar-refractivity contribution in [2.45, 2.75) is 12.6 Å². The SMILES string of the molecule is CNCC(=O)N(Cc1ccccc1)CC(O)c1ccsc1.Cl. The lowest BCUT2D eigenvalue weighted by Crippen LogP contribution is -2.39. The highest BCUT2D eigenvalue weighted by Gasteiger charge is 2.18. The first-order valence-electron chi connectivity index (χ1n) is 6.87. The van der Waals surface area contributed by atoms with Crippen molar-refractivity contribution in [1.29, 1.82) is 0 Å². The Balaban J connectivity index is 0.00000242. The van der Waals surface area contributed by atoms with Crippen molar-refractivity contribution in [2.75, 3.05) is 20.1 Å². The number of halogens is 1. The van der Waals surface area contributed by atoms with Crippen LogP contribution in [0.4, 0.5) is 0 Å². The Labute approximate surface area is 141 Å². The van der Waals surface area contributed by atoms with E-state index < -0.39 is 6.10 Å². The fraction of sp³-hybridized carbons (Fsp3) is 0.312. The first-order valence-corrected chi connectivity index (χ1v) is 7.81. The van der Waals surface area contributed by atoms with E-state index in [0.717, 1.165) is 11.1 Å². The van der Waals surface area contributed by atoms with E-state index in [1.54, 1.807) is 23.3 Å². The van der Waals surface area contributed by atoms with Crippen LogP contribution in [0.1, 0.15) is 17.2 Å². The molecule has 6 heteroatoms. The monoisotopic (exact) mass is 340 g/mol. The lowest BCUT2D eigenvalue weighted by Gasteiger charge is -2.25. The van der Waals surface area contributed by atoms with Gasteiger partial charge in [0.15, 0.2) is 0 Å². The van der Waals surface area contributed by atoms with Crippen LogP contribution in [0.5, 0.6) is 0 Å². The molecule has 0 radical (unpaired) electrons. The smallest absolute Gasteiger partial charge is 0.236 e. The van der Waals surface area contributed by atoms with Crippen molar-refractivity contribution in [3.8, 4) is 0 Å². The number of aliphatic hydroxyl groups excluding tert-OH is 1. The van der Waals surface area contributed by atoms with Crippen molar-refractivity contribution in [2.24, 2.45) is 0 Å². The minimum Gasteiger partial charge on any atom is -0.387 e. The minimum absolute atomic E-state index is 0. The third-order valence-corrected chi connectivity index (χ3v) is 3.92. The highest BCUT2D eigenvalue weighted by Crippen LogP contribution is 2.18. The highest BCUT2D eigenvalue weighted by molar-refractivity contribution is 7.07. The van der Waals surface area contributed by atoms with Gasteiger partial charge in [-0.25, -0.2) is 0 Å². The number of hydrogen-bond donors (Lipinski definition) is 2. The van der Waals surface area contributed by atoms with Crippen molar-refractivity contribution in [3.05, 3.63) is 58.3 Å². The Morgan fingerprint density at radius 3 is 2.64 bits per heavy atom. The highest BCUT2D eigenvalue weighted by atomic mass is 35.5. The minimum atomic E-state index is -0.652. The average molecular weight is 341 g/mol. The molecule has 120 valence electrons. The van der Waals surface area contributed by atoms with Crippen molar-refractivity contribution in [3.63, 3.8) is 0 Å². The summed E-state index contributed by atoms with van der Waals surface area (Å²) in [7, 11) is 1.74. The summed E-state index contributed by atoms with van der Waals surface area (Å²) < 4.78 is 0. The van der Waals surface area contributed by atoms with E-state index in [2.05, 4.69) is 5.32 Å². The number of nitrogens with zero attached hydrogens (tertiary/aromatic N) is 1. The molecular formula is C16H21ClN2O2S. The van der Waals surface area contributed by atoms with Gasteiger partial charge in [-0.1, -0.05) is 30.3 Å². The molecule has 0 fully saturated rings. The Morgan fingerprint density at radius 1 is 1.32 bits per heavy atom. The van der Waals surface area contributed by atoms with Crippen LogP contribution >= 0.6 is 23.7 Å². The van der Waals surface area contributed by atoms with Gasteiger partial charge in [-0.2, -0.15) is 11.3 Å². The van der Waals surface area contributed by atoms with Crippen molar-refractivity contribution < 1.29 is 9.90 Å². The zero-order valence-electron chi connectivity index (χ0n) is 12.4. The maximum Gasteiger partial charge on any atom is 0.236 e. The summed E-state index contributed by atoms with van der Waals surface area (Å²) in [6.45, 7) is 1.07. The summed E-state index contributed by atoms with van der Waals surface area (Å²) in [6.07, 6.45) is -0.652. The van der Waals surface area contributed by atoms with Crippen LogP contribution in [-0.2, 0) is 11.3 Å². The number of carbonyl (C=O) groups excluding carboxylic acids is 1. The number of benzene rings is 1. The van der Waals surface area contributed by atoms with E-state index in [4.69, 9.17) is 0 Å². The Hall–Kier alpha value is -1.40. The molecule has 4 nitrogen and oxygen atoms in total. The molecule has 1 aromatic carbocycles. The number of nitrogens with one attached hydrogen (secondary N) is 1. The van der Waals surface area contributed by atoms with E-state index in [-0.39, 0.29) is 24.9 Å². The molecule has 1 unspecified atom stereocenters. The van der Waals surface area contributed by atoms with Crippen LogP contribution < -0.4 is 5.32 Å². The van der Waals surface area contributed by atoms with Crippen LogP contribution in [-0.4, -0.2) is 36.1 Å². The van der Waals surface area contributed by atoms with Crippen molar-refractivity contribution >= 4 is 29.7 Å². The largest absolute Gasteiger partial charge is 0.387 e.